The average Bonchev–Trinajstić information content (AvgIpc) is 2.76. The van der Waals surface area contributed by atoms with Gasteiger partial charge in [0.25, 0.3) is 0 Å². The SMILES string of the molecule is Cn1c(C23CC4CC(CC(C4)C2)C3)cc2ccccc21. The molecule has 0 unspecified atom stereocenters. The van der Waals surface area contributed by atoms with E-state index in [-0.39, 0.29) is 0 Å². The molecule has 4 aliphatic carbocycles. The van der Waals surface area contributed by atoms with Gasteiger partial charge in [-0.1, -0.05) is 18.2 Å². The fourth-order valence-corrected chi connectivity index (χ4v) is 6.22. The highest BCUT2D eigenvalue weighted by Gasteiger charge is 2.52. The fraction of sp³-hybridized carbons (Fsp3) is 0.579. The number of para-hydroxylation sites is 1. The van der Waals surface area contributed by atoms with Crippen molar-refractivity contribution in [3.05, 3.63) is 36.0 Å². The monoisotopic (exact) mass is 265 g/mol. The molecule has 104 valence electrons. The number of rotatable bonds is 1. The summed E-state index contributed by atoms with van der Waals surface area (Å²) in [6.07, 6.45) is 8.98. The molecule has 6 rings (SSSR count). The molecule has 1 aromatic carbocycles. The van der Waals surface area contributed by atoms with Crippen molar-refractivity contribution in [3.63, 3.8) is 0 Å². The molecule has 0 aliphatic heterocycles. The molecule has 1 heteroatoms. The summed E-state index contributed by atoms with van der Waals surface area (Å²) in [6, 6.07) is 11.4. The van der Waals surface area contributed by atoms with Crippen molar-refractivity contribution in [1.29, 1.82) is 0 Å². The quantitative estimate of drug-likeness (QED) is 0.707. The first kappa shape index (κ1) is 11.4. The van der Waals surface area contributed by atoms with Gasteiger partial charge in [0.1, 0.15) is 0 Å². The van der Waals surface area contributed by atoms with E-state index in [9.17, 15) is 0 Å². The molecule has 1 nitrogen and oxygen atoms in total. The van der Waals surface area contributed by atoms with Gasteiger partial charge in [0.05, 0.1) is 0 Å². The smallest absolute Gasteiger partial charge is 0.0480 e. The van der Waals surface area contributed by atoms with Gasteiger partial charge >= 0.3 is 0 Å². The summed E-state index contributed by atoms with van der Waals surface area (Å²) in [6.45, 7) is 0. The van der Waals surface area contributed by atoms with E-state index in [2.05, 4.69) is 41.9 Å². The molecule has 0 spiro atoms. The van der Waals surface area contributed by atoms with E-state index in [1.54, 1.807) is 5.69 Å². The normalized spacial score (nSPS) is 38.8. The van der Waals surface area contributed by atoms with Crippen LogP contribution in [0.5, 0.6) is 0 Å². The minimum Gasteiger partial charge on any atom is -0.347 e. The molecule has 0 saturated heterocycles. The molecule has 2 aromatic rings. The van der Waals surface area contributed by atoms with Crippen LogP contribution in [0.1, 0.15) is 44.2 Å². The summed E-state index contributed by atoms with van der Waals surface area (Å²) in [7, 11) is 2.29. The Hall–Kier alpha value is -1.24. The lowest BCUT2D eigenvalue weighted by Gasteiger charge is -2.57. The molecule has 0 atom stereocenters. The van der Waals surface area contributed by atoms with E-state index in [1.807, 2.05) is 0 Å². The second-order valence-electron chi connectivity index (χ2n) is 7.85. The first-order valence-electron chi connectivity index (χ1n) is 8.28. The zero-order valence-corrected chi connectivity index (χ0v) is 12.3. The van der Waals surface area contributed by atoms with Crippen LogP contribution < -0.4 is 0 Å². The van der Waals surface area contributed by atoms with Crippen molar-refractivity contribution >= 4 is 10.9 Å². The van der Waals surface area contributed by atoms with Crippen LogP contribution in [-0.2, 0) is 12.5 Å². The van der Waals surface area contributed by atoms with Gasteiger partial charge in [0.15, 0.2) is 0 Å². The Labute approximate surface area is 121 Å². The zero-order chi connectivity index (χ0) is 13.3. The number of hydrogen-bond acceptors (Lipinski definition) is 0. The second kappa shape index (κ2) is 3.69. The highest BCUT2D eigenvalue weighted by molar-refractivity contribution is 5.81. The summed E-state index contributed by atoms with van der Waals surface area (Å²) in [5.41, 5.74) is 3.57. The first-order valence-corrected chi connectivity index (χ1v) is 8.28. The number of benzene rings is 1. The van der Waals surface area contributed by atoms with Crippen LogP contribution in [0.4, 0.5) is 0 Å². The van der Waals surface area contributed by atoms with Crippen LogP contribution in [0.15, 0.2) is 30.3 Å². The Morgan fingerprint density at radius 1 is 0.950 bits per heavy atom. The Kier molecular flexibility index (Phi) is 2.11. The van der Waals surface area contributed by atoms with Crippen LogP contribution in [0.3, 0.4) is 0 Å². The maximum absolute atomic E-state index is 2.50. The van der Waals surface area contributed by atoms with Gasteiger partial charge in [-0.25, -0.2) is 0 Å². The van der Waals surface area contributed by atoms with Crippen LogP contribution >= 0.6 is 0 Å². The van der Waals surface area contributed by atoms with Crippen molar-refractivity contribution in [2.24, 2.45) is 24.8 Å². The number of aromatic nitrogens is 1. The zero-order valence-electron chi connectivity index (χ0n) is 12.3. The standard InChI is InChI=1S/C19H23N/c1-20-17-5-3-2-4-16(17)9-18(20)19-10-13-6-14(11-19)8-15(7-13)12-19/h2-5,9,13-15H,6-8,10-12H2,1H3. The average molecular weight is 265 g/mol. The van der Waals surface area contributed by atoms with Gasteiger partial charge in [0.2, 0.25) is 0 Å². The Bertz CT molecular complexity index is 643. The molecule has 4 aliphatic rings. The summed E-state index contributed by atoms with van der Waals surface area (Å²) in [5.74, 6) is 3.08. The fourth-order valence-electron chi connectivity index (χ4n) is 6.22. The number of aryl methyl sites for hydroxylation is 1. The van der Waals surface area contributed by atoms with Gasteiger partial charge < -0.3 is 4.57 Å². The van der Waals surface area contributed by atoms with Gasteiger partial charge in [-0.2, -0.15) is 0 Å². The Morgan fingerprint density at radius 3 is 2.15 bits per heavy atom. The summed E-state index contributed by atoms with van der Waals surface area (Å²) >= 11 is 0. The van der Waals surface area contributed by atoms with E-state index < -0.39 is 0 Å². The maximum Gasteiger partial charge on any atom is 0.0480 e. The van der Waals surface area contributed by atoms with Crippen molar-refractivity contribution in [2.75, 3.05) is 0 Å². The van der Waals surface area contributed by atoms with E-state index >= 15 is 0 Å². The molecular weight excluding hydrogens is 242 g/mol. The van der Waals surface area contributed by atoms with E-state index in [0.717, 1.165) is 17.8 Å². The van der Waals surface area contributed by atoms with Crippen LogP contribution in [0.2, 0.25) is 0 Å². The van der Waals surface area contributed by atoms with Crippen molar-refractivity contribution in [3.8, 4) is 0 Å². The van der Waals surface area contributed by atoms with Crippen molar-refractivity contribution < 1.29 is 0 Å². The lowest BCUT2D eigenvalue weighted by Crippen LogP contribution is -2.49. The predicted octanol–water partition coefficient (Wildman–Crippen LogP) is 4.65. The van der Waals surface area contributed by atoms with Gasteiger partial charge in [-0.3, -0.25) is 0 Å². The van der Waals surface area contributed by atoms with E-state index in [4.69, 9.17) is 0 Å². The number of fused-ring (bicyclic) bond motifs is 1. The Morgan fingerprint density at radius 2 is 1.55 bits per heavy atom. The van der Waals surface area contributed by atoms with Gasteiger partial charge in [0, 0.05) is 23.7 Å². The third-order valence-electron chi connectivity index (χ3n) is 6.53. The minimum absolute atomic E-state index is 0.516. The molecule has 0 N–H and O–H groups in total. The van der Waals surface area contributed by atoms with Crippen molar-refractivity contribution in [1.82, 2.24) is 4.57 Å². The topological polar surface area (TPSA) is 4.93 Å². The molecule has 4 saturated carbocycles. The molecule has 4 fully saturated rings. The summed E-state index contributed by atoms with van der Waals surface area (Å²) < 4.78 is 2.50. The number of hydrogen-bond donors (Lipinski definition) is 0. The molecular formula is C19H23N. The third kappa shape index (κ3) is 1.39. The van der Waals surface area contributed by atoms with Gasteiger partial charge in [-0.15, -0.1) is 0 Å². The molecule has 1 heterocycles. The lowest BCUT2D eigenvalue weighted by atomic mass is 9.49. The third-order valence-corrected chi connectivity index (χ3v) is 6.53. The van der Waals surface area contributed by atoms with E-state index in [0.29, 0.717) is 5.41 Å². The lowest BCUT2D eigenvalue weighted by molar-refractivity contribution is -0.00825. The van der Waals surface area contributed by atoms with Crippen molar-refractivity contribution in [2.45, 2.75) is 43.9 Å². The minimum atomic E-state index is 0.516. The molecule has 0 amide bonds. The first-order chi connectivity index (χ1) is 9.73. The highest BCUT2D eigenvalue weighted by atomic mass is 15.0. The summed E-state index contributed by atoms with van der Waals surface area (Å²) in [5, 5.41) is 1.43. The van der Waals surface area contributed by atoms with Crippen LogP contribution in [0, 0.1) is 17.8 Å². The molecule has 4 bridgehead atoms. The van der Waals surface area contributed by atoms with Crippen LogP contribution in [0.25, 0.3) is 10.9 Å². The van der Waals surface area contributed by atoms with Gasteiger partial charge in [-0.05, 0) is 73.8 Å². The molecule has 20 heavy (non-hydrogen) atoms. The van der Waals surface area contributed by atoms with Crippen LogP contribution in [-0.4, -0.2) is 4.57 Å². The highest BCUT2D eigenvalue weighted by Crippen LogP contribution is 2.61. The Balaban J connectivity index is 1.69. The second-order valence-corrected chi connectivity index (χ2v) is 7.85. The number of nitrogens with zero attached hydrogens (tertiary/aromatic N) is 1. The predicted molar refractivity (Wildman–Crippen MR) is 82.8 cm³/mol. The largest absolute Gasteiger partial charge is 0.347 e. The summed E-state index contributed by atoms with van der Waals surface area (Å²) in [4.78, 5) is 0. The van der Waals surface area contributed by atoms with E-state index in [1.165, 1.54) is 49.4 Å². The molecule has 1 aromatic heterocycles. The molecule has 0 radical (unpaired) electrons. The maximum atomic E-state index is 2.50.